The van der Waals surface area contributed by atoms with Crippen molar-refractivity contribution >= 4 is 0 Å². The van der Waals surface area contributed by atoms with Crippen LogP contribution < -0.4 is 10.9 Å². The van der Waals surface area contributed by atoms with Crippen molar-refractivity contribution in [3.63, 3.8) is 0 Å². The third-order valence-electron chi connectivity index (χ3n) is 1.23. The third-order valence-corrected chi connectivity index (χ3v) is 1.23. The van der Waals surface area contributed by atoms with Crippen LogP contribution in [0.2, 0.25) is 0 Å². The predicted octanol–water partition coefficient (Wildman–Crippen LogP) is 1.69. The topological polar surface area (TPSA) is 26.1 Å². The van der Waals surface area contributed by atoms with Crippen LogP contribution in [0.1, 0.15) is 41.0 Å². The highest BCUT2D eigenvalue weighted by molar-refractivity contribution is 4.67. The maximum Gasteiger partial charge on any atom is 0.0442 e. The minimum atomic E-state index is 0.0451. The Bertz CT molecular complexity index is 83.7. The van der Waals surface area contributed by atoms with Crippen LogP contribution in [0, 0.1) is 0 Å². The highest BCUT2D eigenvalue weighted by Crippen LogP contribution is 1.99. The summed E-state index contributed by atoms with van der Waals surface area (Å²) in [5.74, 6) is 0. The van der Waals surface area contributed by atoms with Crippen molar-refractivity contribution in [2.75, 3.05) is 0 Å². The summed E-state index contributed by atoms with van der Waals surface area (Å²) in [5, 5.41) is 0. The smallest absolute Gasteiger partial charge is 0.0442 e. The zero-order valence-corrected chi connectivity index (χ0v) is 7.73. The van der Waals surface area contributed by atoms with Gasteiger partial charge in [-0.1, -0.05) is 6.92 Å². The maximum absolute atomic E-state index is 4.28. The summed E-state index contributed by atoms with van der Waals surface area (Å²) in [4.78, 5) is 0. The van der Waals surface area contributed by atoms with Crippen LogP contribution in [-0.2, 0) is 0 Å². The van der Waals surface area contributed by atoms with Crippen molar-refractivity contribution in [3.8, 4) is 0 Å². The van der Waals surface area contributed by atoms with Gasteiger partial charge in [-0.05, 0) is 34.1 Å². The molecule has 10 heavy (non-hydrogen) atoms. The molecule has 0 amide bonds. The summed E-state index contributed by atoms with van der Waals surface area (Å²) >= 11 is 0. The molecule has 61 valence electrons. The van der Waals surface area contributed by atoms with Crippen LogP contribution in [-0.4, -0.2) is 11.6 Å². The molecule has 2 nitrogen and oxygen atoms in total. The molecule has 0 aromatic rings. The largest absolute Gasteiger partial charge is 0.237 e. The molecule has 0 aromatic carbocycles. The predicted molar refractivity (Wildman–Crippen MR) is 44.8 cm³/mol. The van der Waals surface area contributed by atoms with Crippen molar-refractivity contribution in [2.45, 2.75) is 52.6 Å². The van der Waals surface area contributed by atoms with E-state index in [1.807, 2.05) is 0 Å². The molecular formula is C8H19N2. The molecule has 1 atom stereocenters. The van der Waals surface area contributed by atoms with Gasteiger partial charge >= 0.3 is 0 Å². The van der Waals surface area contributed by atoms with Crippen molar-refractivity contribution in [3.05, 3.63) is 0 Å². The Hall–Kier alpha value is -0.0800. The Morgan fingerprint density at radius 1 is 1.40 bits per heavy atom. The van der Waals surface area contributed by atoms with Gasteiger partial charge in [0.15, 0.2) is 0 Å². The second-order valence-electron chi connectivity index (χ2n) is 3.72. The average Bonchev–Trinajstić information content (AvgIpc) is 1.81. The first-order valence-electron chi connectivity index (χ1n) is 3.93. The molecule has 1 N–H and O–H groups in total. The molecule has 0 aromatic heterocycles. The first-order chi connectivity index (χ1) is 4.45. The Morgan fingerprint density at radius 3 is 2.20 bits per heavy atom. The normalized spacial score (nSPS) is 15.3. The number of hydrogen-bond acceptors (Lipinski definition) is 1. The van der Waals surface area contributed by atoms with E-state index < -0.39 is 0 Å². The summed E-state index contributed by atoms with van der Waals surface area (Å²) in [7, 11) is 0. The summed E-state index contributed by atoms with van der Waals surface area (Å²) in [6, 6.07) is 0.499. The molecule has 0 saturated heterocycles. The van der Waals surface area contributed by atoms with Crippen LogP contribution in [0.4, 0.5) is 0 Å². The molecule has 1 radical (unpaired) electrons. The van der Waals surface area contributed by atoms with Crippen molar-refractivity contribution < 1.29 is 0 Å². The summed E-state index contributed by atoms with van der Waals surface area (Å²) in [6.45, 7) is 10.5. The summed E-state index contributed by atoms with van der Waals surface area (Å²) < 4.78 is 0. The zero-order valence-electron chi connectivity index (χ0n) is 7.73. The minimum Gasteiger partial charge on any atom is -0.237 e. The minimum absolute atomic E-state index is 0.0451. The SMILES string of the molecule is CCC(C)N[N]C(C)(C)C. The molecule has 0 spiro atoms. The molecule has 0 rings (SSSR count). The fraction of sp³-hybridized carbons (Fsp3) is 1.00. The van der Waals surface area contributed by atoms with E-state index in [4.69, 9.17) is 0 Å². The van der Waals surface area contributed by atoms with Gasteiger partial charge in [0.2, 0.25) is 0 Å². The number of rotatable bonds is 3. The molecule has 0 aliphatic heterocycles. The first kappa shape index (κ1) is 9.92. The lowest BCUT2D eigenvalue weighted by Gasteiger charge is -2.21. The van der Waals surface area contributed by atoms with Crippen LogP contribution >= 0.6 is 0 Å². The second-order valence-corrected chi connectivity index (χ2v) is 3.72. The van der Waals surface area contributed by atoms with E-state index in [9.17, 15) is 0 Å². The number of nitrogens with zero attached hydrogens (tertiary/aromatic N) is 1. The van der Waals surface area contributed by atoms with E-state index in [2.05, 4.69) is 45.5 Å². The molecule has 2 heteroatoms. The van der Waals surface area contributed by atoms with Gasteiger partial charge in [0.05, 0.1) is 0 Å². The van der Waals surface area contributed by atoms with E-state index in [-0.39, 0.29) is 5.54 Å². The zero-order chi connectivity index (χ0) is 8.20. The van der Waals surface area contributed by atoms with Crippen molar-refractivity contribution in [1.82, 2.24) is 10.9 Å². The maximum atomic E-state index is 4.28. The third kappa shape index (κ3) is 6.05. The van der Waals surface area contributed by atoms with E-state index >= 15 is 0 Å². The highest BCUT2D eigenvalue weighted by Gasteiger charge is 2.11. The average molecular weight is 143 g/mol. The number of hydrogen-bond donors (Lipinski definition) is 1. The molecule has 0 aliphatic rings. The fourth-order valence-electron chi connectivity index (χ4n) is 0.395. The lowest BCUT2D eigenvalue weighted by Crippen LogP contribution is -2.43. The van der Waals surface area contributed by atoms with Gasteiger partial charge in [0, 0.05) is 11.6 Å². The Kier molecular flexibility index (Phi) is 3.91. The molecule has 1 unspecified atom stereocenters. The molecule has 0 saturated carbocycles. The summed E-state index contributed by atoms with van der Waals surface area (Å²) in [5.41, 5.74) is 7.42. The Labute approximate surface area is 64.4 Å². The second kappa shape index (κ2) is 3.94. The molecular weight excluding hydrogens is 124 g/mol. The molecule has 0 fully saturated rings. The molecule has 0 bridgehead atoms. The van der Waals surface area contributed by atoms with E-state index in [1.165, 1.54) is 0 Å². The van der Waals surface area contributed by atoms with E-state index in [0.717, 1.165) is 6.42 Å². The monoisotopic (exact) mass is 143 g/mol. The van der Waals surface area contributed by atoms with Gasteiger partial charge in [0.25, 0.3) is 0 Å². The van der Waals surface area contributed by atoms with Crippen LogP contribution in [0.3, 0.4) is 0 Å². The van der Waals surface area contributed by atoms with Gasteiger partial charge < -0.3 is 0 Å². The molecule has 0 aliphatic carbocycles. The Balaban J connectivity index is 3.36. The first-order valence-corrected chi connectivity index (χ1v) is 3.93. The van der Waals surface area contributed by atoms with Gasteiger partial charge in [-0.3, -0.25) is 0 Å². The van der Waals surface area contributed by atoms with Crippen molar-refractivity contribution in [1.29, 1.82) is 0 Å². The summed E-state index contributed by atoms with van der Waals surface area (Å²) in [6.07, 6.45) is 1.12. The lowest BCUT2D eigenvalue weighted by molar-refractivity contribution is 0.311. The van der Waals surface area contributed by atoms with E-state index in [0.29, 0.717) is 6.04 Å². The van der Waals surface area contributed by atoms with E-state index in [1.54, 1.807) is 0 Å². The van der Waals surface area contributed by atoms with Crippen molar-refractivity contribution in [2.24, 2.45) is 0 Å². The van der Waals surface area contributed by atoms with Gasteiger partial charge in [-0.2, -0.15) is 5.43 Å². The Morgan fingerprint density at radius 2 is 1.90 bits per heavy atom. The van der Waals surface area contributed by atoms with Crippen LogP contribution in [0.5, 0.6) is 0 Å². The van der Waals surface area contributed by atoms with Crippen LogP contribution in [0.15, 0.2) is 0 Å². The molecule has 0 heterocycles. The van der Waals surface area contributed by atoms with Gasteiger partial charge in [0.1, 0.15) is 0 Å². The number of nitrogens with one attached hydrogen (secondary N) is 1. The lowest BCUT2D eigenvalue weighted by atomic mass is 10.1. The highest BCUT2D eigenvalue weighted by atomic mass is 15.4. The standard InChI is InChI=1S/C8H19N2/c1-6-7(2)9-10-8(3,4)5/h7,9H,6H2,1-5H3. The van der Waals surface area contributed by atoms with Crippen LogP contribution in [0.25, 0.3) is 0 Å². The fourth-order valence-corrected chi connectivity index (χ4v) is 0.395. The quantitative estimate of drug-likeness (QED) is 0.598. The van der Waals surface area contributed by atoms with Gasteiger partial charge in [-0.15, -0.1) is 0 Å². The van der Waals surface area contributed by atoms with Gasteiger partial charge in [-0.25, -0.2) is 5.43 Å².